The van der Waals surface area contributed by atoms with Crippen LogP contribution in [-0.4, -0.2) is 35.0 Å². The van der Waals surface area contributed by atoms with Crippen LogP contribution in [-0.2, 0) is 0 Å². The van der Waals surface area contributed by atoms with Crippen molar-refractivity contribution in [1.29, 1.82) is 0 Å². The molecule has 1 aliphatic carbocycles. The van der Waals surface area contributed by atoms with Gasteiger partial charge in [-0.25, -0.2) is 0 Å². The molecule has 0 unspecified atom stereocenters. The second kappa shape index (κ2) is 3.67. The summed E-state index contributed by atoms with van der Waals surface area (Å²) in [6.45, 7) is 0.589. The number of amides is 2. The van der Waals surface area contributed by atoms with E-state index in [0.717, 1.165) is 6.42 Å². The number of imide groups is 1. The van der Waals surface area contributed by atoms with Crippen molar-refractivity contribution in [2.75, 3.05) is 13.2 Å². The standard InChI is InChI=1S/C13H13NO3/c15-7-9-5-8(9)6-14-12(16)10-3-1-2-4-11(10)13(14)17/h1-4,8-9,15H,5-7H2/t8-,9+/m0/s1. The van der Waals surface area contributed by atoms with E-state index in [9.17, 15) is 9.59 Å². The Morgan fingerprint density at radius 1 is 1.12 bits per heavy atom. The molecule has 4 heteroatoms. The van der Waals surface area contributed by atoms with E-state index in [0.29, 0.717) is 17.7 Å². The molecule has 4 nitrogen and oxygen atoms in total. The Bertz CT molecular complexity index is 462. The van der Waals surface area contributed by atoms with Crippen molar-refractivity contribution < 1.29 is 14.7 Å². The highest BCUT2D eigenvalue weighted by Gasteiger charge is 2.43. The summed E-state index contributed by atoms with van der Waals surface area (Å²) < 4.78 is 0. The Morgan fingerprint density at radius 2 is 1.71 bits per heavy atom. The predicted octanol–water partition coefficient (Wildman–Crippen LogP) is 0.911. The number of aliphatic hydroxyl groups is 1. The highest BCUT2D eigenvalue weighted by molar-refractivity contribution is 6.21. The molecule has 0 spiro atoms. The van der Waals surface area contributed by atoms with Gasteiger partial charge in [0.2, 0.25) is 0 Å². The third kappa shape index (κ3) is 1.56. The Morgan fingerprint density at radius 3 is 2.18 bits per heavy atom. The number of nitrogens with zero attached hydrogens (tertiary/aromatic N) is 1. The Hall–Kier alpha value is -1.68. The number of rotatable bonds is 3. The molecule has 0 saturated heterocycles. The molecule has 1 aromatic rings. The maximum Gasteiger partial charge on any atom is 0.261 e. The van der Waals surface area contributed by atoms with Gasteiger partial charge in [-0.3, -0.25) is 14.5 Å². The first-order valence-electron chi connectivity index (χ1n) is 5.78. The van der Waals surface area contributed by atoms with E-state index in [-0.39, 0.29) is 30.3 Å². The fraction of sp³-hybridized carbons (Fsp3) is 0.385. The third-order valence-corrected chi connectivity index (χ3v) is 3.60. The van der Waals surface area contributed by atoms with Crippen molar-refractivity contribution in [3.8, 4) is 0 Å². The molecule has 0 radical (unpaired) electrons. The molecule has 1 saturated carbocycles. The number of carbonyl (C=O) groups is 2. The maximum absolute atomic E-state index is 12.0. The monoisotopic (exact) mass is 231 g/mol. The topological polar surface area (TPSA) is 57.6 Å². The van der Waals surface area contributed by atoms with Gasteiger partial charge < -0.3 is 5.11 Å². The summed E-state index contributed by atoms with van der Waals surface area (Å²) in [7, 11) is 0. The van der Waals surface area contributed by atoms with Crippen LogP contribution in [0.4, 0.5) is 0 Å². The highest BCUT2D eigenvalue weighted by atomic mass is 16.3. The molecular formula is C13H13NO3. The summed E-state index contributed by atoms with van der Waals surface area (Å²) in [5, 5.41) is 8.97. The van der Waals surface area contributed by atoms with Crippen LogP contribution >= 0.6 is 0 Å². The first-order valence-corrected chi connectivity index (χ1v) is 5.78. The van der Waals surface area contributed by atoms with Crippen LogP contribution in [0.5, 0.6) is 0 Å². The summed E-state index contributed by atoms with van der Waals surface area (Å²) in [6, 6.07) is 6.90. The van der Waals surface area contributed by atoms with Crippen molar-refractivity contribution in [3.05, 3.63) is 35.4 Å². The number of hydrogen-bond donors (Lipinski definition) is 1. The Balaban J connectivity index is 1.81. The van der Waals surface area contributed by atoms with Gasteiger partial charge in [-0.1, -0.05) is 12.1 Å². The van der Waals surface area contributed by atoms with Crippen LogP contribution in [0.25, 0.3) is 0 Å². The van der Waals surface area contributed by atoms with Crippen molar-refractivity contribution in [2.45, 2.75) is 6.42 Å². The largest absolute Gasteiger partial charge is 0.396 e. The number of benzene rings is 1. The lowest BCUT2D eigenvalue weighted by atomic mass is 10.1. The van der Waals surface area contributed by atoms with Gasteiger partial charge in [0.15, 0.2) is 0 Å². The molecular weight excluding hydrogens is 218 g/mol. The third-order valence-electron chi connectivity index (χ3n) is 3.60. The molecule has 2 atom stereocenters. The molecule has 2 amide bonds. The lowest BCUT2D eigenvalue weighted by Crippen LogP contribution is -2.32. The zero-order chi connectivity index (χ0) is 12.0. The highest BCUT2D eigenvalue weighted by Crippen LogP contribution is 2.39. The number of carbonyl (C=O) groups excluding carboxylic acids is 2. The smallest absolute Gasteiger partial charge is 0.261 e. The van der Waals surface area contributed by atoms with Crippen LogP contribution in [0.2, 0.25) is 0 Å². The summed E-state index contributed by atoms with van der Waals surface area (Å²) in [5.41, 5.74) is 0.998. The van der Waals surface area contributed by atoms with Crippen LogP contribution in [0.15, 0.2) is 24.3 Å². The molecule has 17 heavy (non-hydrogen) atoms. The average molecular weight is 231 g/mol. The van der Waals surface area contributed by atoms with Crippen molar-refractivity contribution in [2.24, 2.45) is 11.8 Å². The fourth-order valence-corrected chi connectivity index (χ4v) is 2.40. The molecule has 2 aliphatic rings. The van der Waals surface area contributed by atoms with Crippen LogP contribution < -0.4 is 0 Å². The molecule has 1 heterocycles. The van der Waals surface area contributed by atoms with Crippen molar-refractivity contribution in [1.82, 2.24) is 4.90 Å². The Labute approximate surface area is 98.9 Å². The Kier molecular flexibility index (Phi) is 2.26. The minimum Gasteiger partial charge on any atom is -0.396 e. The van der Waals surface area contributed by atoms with Gasteiger partial charge in [0.25, 0.3) is 11.8 Å². The molecule has 88 valence electrons. The lowest BCUT2D eigenvalue weighted by molar-refractivity contribution is 0.0642. The first kappa shape index (κ1) is 10.5. The van der Waals surface area contributed by atoms with Gasteiger partial charge in [0, 0.05) is 13.2 Å². The molecule has 1 aromatic carbocycles. The van der Waals surface area contributed by atoms with Gasteiger partial charge in [0.05, 0.1) is 11.1 Å². The quantitative estimate of drug-likeness (QED) is 0.787. The second-order valence-corrected chi connectivity index (χ2v) is 4.70. The predicted molar refractivity (Wildman–Crippen MR) is 60.5 cm³/mol. The summed E-state index contributed by atoms with van der Waals surface area (Å²) in [4.78, 5) is 25.3. The normalized spacial score (nSPS) is 26.3. The molecule has 3 rings (SSSR count). The van der Waals surface area contributed by atoms with Gasteiger partial charge in [-0.15, -0.1) is 0 Å². The van der Waals surface area contributed by atoms with Gasteiger partial charge in [-0.05, 0) is 30.4 Å². The second-order valence-electron chi connectivity index (χ2n) is 4.70. The SMILES string of the molecule is O=C1c2ccccc2C(=O)N1C[C@@H]1C[C@@H]1CO. The van der Waals surface area contributed by atoms with Crippen molar-refractivity contribution >= 4 is 11.8 Å². The summed E-state index contributed by atoms with van der Waals surface area (Å²) >= 11 is 0. The summed E-state index contributed by atoms with van der Waals surface area (Å²) in [6.07, 6.45) is 0.907. The zero-order valence-electron chi connectivity index (χ0n) is 9.30. The van der Waals surface area contributed by atoms with E-state index in [1.165, 1.54) is 4.90 Å². The van der Waals surface area contributed by atoms with Gasteiger partial charge in [0.1, 0.15) is 0 Å². The average Bonchev–Trinajstić information content (AvgIpc) is 3.08. The summed E-state index contributed by atoms with van der Waals surface area (Å²) in [5.74, 6) is 0.143. The minimum absolute atomic E-state index is 0.147. The first-order chi connectivity index (χ1) is 8.22. The van der Waals surface area contributed by atoms with Gasteiger partial charge >= 0.3 is 0 Å². The van der Waals surface area contributed by atoms with E-state index in [2.05, 4.69) is 0 Å². The van der Waals surface area contributed by atoms with Gasteiger partial charge in [-0.2, -0.15) is 0 Å². The van der Waals surface area contributed by atoms with E-state index in [1.807, 2.05) is 0 Å². The number of aliphatic hydroxyl groups excluding tert-OH is 1. The van der Waals surface area contributed by atoms with Crippen molar-refractivity contribution in [3.63, 3.8) is 0 Å². The lowest BCUT2D eigenvalue weighted by Gasteiger charge is -2.13. The van der Waals surface area contributed by atoms with E-state index in [4.69, 9.17) is 5.11 Å². The van der Waals surface area contributed by atoms with Crippen LogP contribution in [0, 0.1) is 11.8 Å². The molecule has 1 fully saturated rings. The van der Waals surface area contributed by atoms with E-state index in [1.54, 1.807) is 24.3 Å². The van der Waals surface area contributed by atoms with E-state index >= 15 is 0 Å². The zero-order valence-corrected chi connectivity index (χ0v) is 9.30. The van der Waals surface area contributed by atoms with Crippen LogP contribution in [0.1, 0.15) is 27.1 Å². The minimum atomic E-state index is -0.200. The van der Waals surface area contributed by atoms with E-state index < -0.39 is 0 Å². The number of fused-ring (bicyclic) bond motifs is 1. The van der Waals surface area contributed by atoms with Crippen LogP contribution in [0.3, 0.4) is 0 Å². The molecule has 1 N–H and O–H groups in total. The molecule has 0 aromatic heterocycles. The fourth-order valence-electron chi connectivity index (χ4n) is 2.40. The molecule has 1 aliphatic heterocycles. The molecule has 0 bridgehead atoms. The maximum atomic E-state index is 12.0. The number of hydrogen-bond acceptors (Lipinski definition) is 3.